The van der Waals surface area contributed by atoms with E-state index in [1.54, 1.807) is 0 Å². The summed E-state index contributed by atoms with van der Waals surface area (Å²) in [4.78, 5) is 16.0. The molecule has 0 radical (unpaired) electrons. The van der Waals surface area contributed by atoms with Crippen molar-refractivity contribution >= 4 is 11.7 Å². The van der Waals surface area contributed by atoms with Crippen molar-refractivity contribution in [3.63, 3.8) is 0 Å². The van der Waals surface area contributed by atoms with Crippen molar-refractivity contribution in [3.05, 3.63) is 71.8 Å². The maximum atomic E-state index is 10.5. The average Bonchev–Trinajstić information content (AvgIpc) is 2.62. The van der Waals surface area contributed by atoms with Gasteiger partial charge in [0.1, 0.15) is 6.61 Å². The minimum atomic E-state index is -0.744. The van der Waals surface area contributed by atoms with Crippen molar-refractivity contribution in [2.45, 2.75) is 38.5 Å². The third-order valence-electron chi connectivity index (χ3n) is 3.82. The Kier molecular flexibility index (Phi) is 8.25. The Hall–Kier alpha value is -2.62. The predicted molar refractivity (Wildman–Crippen MR) is 99.8 cm³/mol. The molecule has 0 heterocycles. The molecule has 2 rings (SSSR count). The molecule has 0 bridgehead atoms. The van der Waals surface area contributed by atoms with Gasteiger partial charge in [-0.25, -0.2) is 0 Å². The van der Waals surface area contributed by atoms with Gasteiger partial charge in [-0.1, -0.05) is 65.8 Å². The van der Waals surface area contributed by atoms with Crippen molar-refractivity contribution in [1.82, 2.24) is 0 Å². The molecule has 0 aromatic heterocycles. The summed E-state index contributed by atoms with van der Waals surface area (Å²) >= 11 is 0. The fourth-order valence-corrected chi connectivity index (χ4v) is 2.55. The molecule has 0 aliphatic carbocycles. The first-order valence-electron chi connectivity index (χ1n) is 8.71. The highest BCUT2D eigenvalue weighted by molar-refractivity contribution is 5.88. The number of nitrogens with zero attached hydrogens (tertiary/aromatic N) is 1. The van der Waals surface area contributed by atoms with Crippen LogP contribution in [-0.4, -0.2) is 23.4 Å². The van der Waals surface area contributed by atoms with Crippen LogP contribution in [0.5, 0.6) is 0 Å². The molecule has 0 saturated heterocycles. The summed E-state index contributed by atoms with van der Waals surface area (Å²) in [5.74, 6) is -0.744. The summed E-state index contributed by atoms with van der Waals surface area (Å²) in [5, 5.41) is 13.0. The molecule has 0 saturated carbocycles. The third-order valence-corrected chi connectivity index (χ3v) is 3.82. The van der Waals surface area contributed by atoms with E-state index < -0.39 is 5.97 Å². The van der Waals surface area contributed by atoms with Crippen molar-refractivity contribution in [2.75, 3.05) is 6.61 Å². The van der Waals surface area contributed by atoms with Crippen LogP contribution in [0.1, 0.15) is 36.8 Å². The van der Waals surface area contributed by atoms with Gasteiger partial charge in [0, 0.05) is 19.3 Å². The van der Waals surface area contributed by atoms with Crippen molar-refractivity contribution in [3.8, 4) is 0 Å². The smallest absolute Gasteiger partial charge is 0.303 e. The zero-order valence-corrected chi connectivity index (χ0v) is 14.4. The number of benzene rings is 2. The fourth-order valence-electron chi connectivity index (χ4n) is 2.55. The summed E-state index contributed by atoms with van der Waals surface area (Å²) < 4.78 is 0. The number of carbonyl (C=O) groups is 1. The lowest BCUT2D eigenvalue weighted by atomic mass is 10.0. The molecule has 132 valence electrons. The molecular weight excluding hydrogens is 314 g/mol. The first-order chi connectivity index (χ1) is 12.2. The van der Waals surface area contributed by atoms with Gasteiger partial charge in [-0.05, 0) is 30.4 Å². The number of aliphatic carboxylic acids is 1. The Morgan fingerprint density at radius 2 is 1.40 bits per heavy atom. The van der Waals surface area contributed by atoms with Crippen molar-refractivity contribution in [1.29, 1.82) is 0 Å². The van der Waals surface area contributed by atoms with Crippen LogP contribution in [0.15, 0.2) is 65.8 Å². The molecule has 0 unspecified atom stereocenters. The minimum absolute atomic E-state index is 0.219. The number of hydrogen-bond acceptors (Lipinski definition) is 3. The standard InChI is InChI=1S/C21H25NO3/c23-21(24)14-8-3-9-15-25-22-20(16-18-10-4-1-5-11-18)17-19-12-6-2-7-13-19/h1-2,4-7,10-13H,3,8-9,14-17H2,(H,23,24). The molecule has 2 aromatic carbocycles. The Bertz CT molecular complexity index is 610. The quantitative estimate of drug-likeness (QED) is 0.373. The van der Waals surface area contributed by atoms with Crippen LogP contribution < -0.4 is 0 Å². The predicted octanol–water partition coefficient (Wildman–Crippen LogP) is 4.49. The average molecular weight is 339 g/mol. The van der Waals surface area contributed by atoms with E-state index in [0.29, 0.717) is 13.0 Å². The normalized spacial score (nSPS) is 10.2. The number of carboxylic acids is 1. The zero-order chi connectivity index (χ0) is 17.7. The highest BCUT2D eigenvalue weighted by Crippen LogP contribution is 2.08. The van der Waals surface area contributed by atoms with Crippen LogP contribution in [0.3, 0.4) is 0 Å². The summed E-state index contributed by atoms with van der Waals surface area (Å²) in [5.41, 5.74) is 3.41. The Labute approximate surface area is 149 Å². The van der Waals surface area contributed by atoms with Gasteiger partial charge in [0.05, 0.1) is 5.71 Å². The van der Waals surface area contributed by atoms with Gasteiger partial charge in [-0.3, -0.25) is 4.79 Å². The van der Waals surface area contributed by atoms with E-state index in [9.17, 15) is 4.79 Å². The third kappa shape index (κ3) is 8.15. The van der Waals surface area contributed by atoms with Crippen LogP contribution in [0.25, 0.3) is 0 Å². The lowest BCUT2D eigenvalue weighted by Crippen LogP contribution is -2.09. The molecule has 0 spiro atoms. The largest absolute Gasteiger partial charge is 0.481 e. The Morgan fingerprint density at radius 1 is 0.840 bits per heavy atom. The summed E-state index contributed by atoms with van der Waals surface area (Å²) in [6.45, 7) is 0.521. The molecule has 1 N–H and O–H groups in total. The lowest BCUT2D eigenvalue weighted by molar-refractivity contribution is -0.137. The molecule has 0 fully saturated rings. The van der Waals surface area contributed by atoms with E-state index in [-0.39, 0.29) is 6.42 Å². The molecule has 25 heavy (non-hydrogen) atoms. The number of oxime groups is 1. The second kappa shape index (κ2) is 11.0. The van der Waals surface area contributed by atoms with Crippen LogP contribution in [-0.2, 0) is 22.5 Å². The second-order valence-corrected chi connectivity index (χ2v) is 6.02. The van der Waals surface area contributed by atoms with E-state index >= 15 is 0 Å². The molecule has 4 heteroatoms. The summed E-state index contributed by atoms with van der Waals surface area (Å²) in [6, 6.07) is 20.5. The van der Waals surface area contributed by atoms with Crippen LogP contribution in [0, 0.1) is 0 Å². The number of hydrogen-bond donors (Lipinski definition) is 1. The molecule has 0 atom stereocenters. The monoisotopic (exact) mass is 339 g/mol. The van der Waals surface area contributed by atoms with Crippen LogP contribution in [0.4, 0.5) is 0 Å². The molecule has 0 aliphatic rings. The number of unbranched alkanes of at least 4 members (excludes halogenated alkanes) is 2. The maximum Gasteiger partial charge on any atom is 0.303 e. The van der Waals surface area contributed by atoms with Gasteiger partial charge in [0.2, 0.25) is 0 Å². The van der Waals surface area contributed by atoms with Gasteiger partial charge in [-0.2, -0.15) is 0 Å². The van der Waals surface area contributed by atoms with Gasteiger partial charge in [0.25, 0.3) is 0 Å². The van der Waals surface area contributed by atoms with Gasteiger partial charge in [-0.15, -0.1) is 0 Å². The van der Waals surface area contributed by atoms with E-state index in [1.807, 2.05) is 36.4 Å². The van der Waals surface area contributed by atoms with Crippen molar-refractivity contribution < 1.29 is 14.7 Å². The van der Waals surface area contributed by atoms with E-state index in [1.165, 1.54) is 11.1 Å². The molecule has 0 amide bonds. The maximum absolute atomic E-state index is 10.5. The fraction of sp³-hybridized carbons (Fsp3) is 0.333. The molecular formula is C21H25NO3. The van der Waals surface area contributed by atoms with Gasteiger partial charge < -0.3 is 9.94 Å². The SMILES string of the molecule is O=C(O)CCCCCON=C(Cc1ccccc1)Cc1ccccc1. The topological polar surface area (TPSA) is 58.9 Å². The lowest BCUT2D eigenvalue weighted by Gasteiger charge is -2.08. The van der Waals surface area contributed by atoms with Gasteiger partial charge >= 0.3 is 5.97 Å². The molecule has 2 aromatic rings. The Morgan fingerprint density at radius 3 is 1.92 bits per heavy atom. The number of carboxylic acid groups (broad SMARTS) is 1. The van der Waals surface area contributed by atoms with Crippen molar-refractivity contribution in [2.24, 2.45) is 5.16 Å². The molecule has 0 aliphatic heterocycles. The van der Waals surface area contributed by atoms with Crippen LogP contribution >= 0.6 is 0 Å². The van der Waals surface area contributed by atoms with E-state index in [4.69, 9.17) is 9.94 Å². The van der Waals surface area contributed by atoms with E-state index in [0.717, 1.165) is 31.4 Å². The van der Waals surface area contributed by atoms with E-state index in [2.05, 4.69) is 29.4 Å². The summed E-state index contributed by atoms with van der Waals surface area (Å²) in [6.07, 6.45) is 4.08. The van der Waals surface area contributed by atoms with Gasteiger partial charge in [0.15, 0.2) is 0 Å². The zero-order valence-electron chi connectivity index (χ0n) is 14.4. The first kappa shape index (κ1) is 18.7. The highest BCUT2D eigenvalue weighted by atomic mass is 16.6. The highest BCUT2D eigenvalue weighted by Gasteiger charge is 2.05. The minimum Gasteiger partial charge on any atom is -0.481 e. The first-order valence-corrected chi connectivity index (χ1v) is 8.71. The molecule has 4 nitrogen and oxygen atoms in total. The number of rotatable bonds is 11. The van der Waals surface area contributed by atoms with Crippen LogP contribution in [0.2, 0.25) is 0 Å². The second-order valence-electron chi connectivity index (χ2n) is 6.02. The Balaban J connectivity index is 1.86. The summed E-state index contributed by atoms with van der Waals surface area (Å²) in [7, 11) is 0.